The van der Waals surface area contributed by atoms with Gasteiger partial charge in [-0.05, 0) is 34.7 Å². The molecule has 5 nitrogen and oxygen atoms in total. The number of hydrogen-bond acceptors (Lipinski definition) is 4. The molecule has 132 valence electrons. The van der Waals surface area contributed by atoms with Gasteiger partial charge in [-0.1, -0.05) is 12.1 Å². The minimum Gasteiger partial charge on any atom is -0.497 e. The molecule has 1 aromatic heterocycles. The Bertz CT molecular complexity index is 629. The van der Waals surface area contributed by atoms with E-state index in [2.05, 4.69) is 39.2 Å². The van der Waals surface area contributed by atoms with Crippen molar-refractivity contribution in [3.05, 3.63) is 40.6 Å². The third-order valence-electron chi connectivity index (χ3n) is 3.33. The molecule has 0 bridgehead atoms. The fourth-order valence-electron chi connectivity index (χ4n) is 2.07. The van der Waals surface area contributed by atoms with Crippen molar-refractivity contribution in [2.75, 3.05) is 34.4 Å². The summed E-state index contributed by atoms with van der Waals surface area (Å²) in [6, 6.07) is 10.3. The van der Waals surface area contributed by atoms with Crippen LogP contribution in [0.15, 0.2) is 40.7 Å². The Hall–Kier alpha value is -1.32. The molecule has 0 aliphatic rings. The van der Waals surface area contributed by atoms with E-state index in [4.69, 9.17) is 9.47 Å². The maximum absolute atomic E-state index is 5.19. The van der Waals surface area contributed by atoms with E-state index in [1.807, 2.05) is 12.1 Å². The maximum Gasteiger partial charge on any atom is 0.191 e. The summed E-state index contributed by atoms with van der Waals surface area (Å²) in [6.45, 7) is 2.13. The van der Waals surface area contributed by atoms with Crippen molar-refractivity contribution in [2.24, 2.45) is 4.99 Å². The predicted octanol–water partition coefficient (Wildman–Crippen LogP) is 3.35. The summed E-state index contributed by atoms with van der Waals surface area (Å²) >= 11 is 1.73. The van der Waals surface area contributed by atoms with Crippen molar-refractivity contribution >= 4 is 41.3 Å². The Labute approximate surface area is 164 Å². The minimum absolute atomic E-state index is 0. The highest BCUT2D eigenvalue weighted by atomic mass is 127. The van der Waals surface area contributed by atoms with Gasteiger partial charge in [0.2, 0.25) is 0 Å². The number of halogens is 1. The van der Waals surface area contributed by atoms with Gasteiger partial charge < -0.3 is 20.1 Å². The molecule has 7 heteroatoms. The molecule has 0 atom stereocenters. The fourth-order valence-corrected chi connectivity index (χ4v) is 2.90. The largest absolute Gasteiger partial charge is 0.497 e. The van der Waals surface area contributed by atoms with Crippen LogP contribution in [-0.2, 0) is 11.3 Å². The molecule has 2 N–H and O–H groups in total. The molecule has 0 aliphatic carbocycles. The van der Waals surface area contributed by atoms with E-state index < -0.39 is 0 Å². The van der Waals surface area contributed by atoms with E-state index in [1.54, 1.807) is 32.6 Å². The van der Waals surface area contributed by atoms with Crippen molar-refractivity contribution in [1.82, 2.24) is 10.6 Å². The molecular weight excluding hydrogens is 437 g/mol. The van der Waals surface area contributed by atoms with Crippen LogP contribution in [-0.4, -0.2) is 40.4 Å². The Morgan fingerprint density at radius 2 is 1.88 bits per heavy atom. The fraction of sp³-hybridized carbons (Fsp3) is 0.353. The molecule has 1 aromatic carbocycles. The lowest BCUT2D eigenvalue weighted by Crippen LogP contribution is -2.38. The predicted molar refractivity (Wildman–Crippen MR) is 112 cm³/mol. The second-order valence-corrected chi connectivity index (χ2v) is 5.87. The van der Waals surface area contributed by atoms with Crippen LogP contribution in [0.1, 0.15) is 4.88 Å². The molecule has 0 aliphatic heterocycles. The van der Waals surface area contributed by atoms with Crippen LogP contribution in [0.3, 0.4) is 0 Å². The second kappa shape index (κ2) is 11.3. The number of methoxy groups -OCH3 is 2. The first-order valence-electron chi connectivity index (χ1n) is 7.42. The van der Waals surface area contributed by atoms with Crippen molar-refractivity contribution in [3.8, 4) is 16.9 Å². The molecule has 1 heterocycles. The number of thiophene rings is 1. The molecule has 0 saturated carbocycles. The zero-order chi connectivity index (χ0) is 16.5. The summed E-state index contributed by atoms with van der Waals surface area (Å²) in [7, 11) is 5.13. The average molecular weight is 461 g/mol. The molecular formula is C17H24IN3O2S. The summed E-state index contributed by atoms with van der Waals surface area (Å²) in [5.41, 5.74) is 2.41. The van der Waals surface area contributed by atoms with Crippen molar-refractivity contribution in [1.29, 1.82) is 0 Å². The van der Waals surface area contributed by atoms with Gasteiger partial charge in [-0.2, -0.15) is 0 Å². The number of nitrogens with zero attached hydrogens (tertiary/aromatic N) is 1. The highest BCUT2D eigenvalue weighted by Crippen LogP contribution is 2.27. The van der Waals surface area contributed by atoms with Gasteiger partial charge in [-0.3, -0.25) is 4.99 Å². The van der Waals surface area contributed by atoms with Gasteiger partial charge in [0, 0.05) is 25.6 Å². The van der Waals surface area contributed by atoms with Crippen LogP contribution in [0.2, 0.25) is 0 Å². The number of aliphatic imine (C=N–C) groups is 1. The number of guanidine groups is 1. The highest BCUT2D eigenvalue weighted by molar-refractivity contribution is 14.0. The number of rotatable bonds is 7. The molecule has 24 heavy (non-hydrogen) atoms. The Morgan fingerprint density at radius 1 is 1.12 bits per heavy atom. The van der Waals surface area contributed by atoms with Crippen LogP contribution < -0.4 is 15.4 Å². The molecule has 0 saturated heterocycles. The van der Waals surface area contributed by atoms with E-state index in [9.17, 15) is 0 Å². The van der Waals surface area contributed by atoms with Gasteiger partial charge in [0.25, 0.3) is 0 Å². The third-order valence-corrected chi connectivity index (χ3v) is 4.27. The molecule has 2 rings (SSSR count). The first kappa shape index (κ1) is 20.7. The monoisotopic (exact) mass is 461 g/mol. The van der Waals surface area contributed by atoms with Crippen molar-refractivity contribution in [2.45, 2.75) is 6.54 Å². The van der Waals surface area contributed by atoms with Crippen LogP contribution >= 0.6 is 35.3 Å². The summed E-state index contributed by atoms with van der Waals surface area (Å²) in [5, 5.41) is 8.66. The standard InChI is InChI=1S/C17H23N3O2S.HI/c1-18-17(19-8-9-21-2)20-11-16-10-14(12-23-16)13-4-6-15(22-3)7-5-13;/h4-7,10,12H,8-9,11H2,1-3H3,(H2,18,19,20);1H. The summed E-state index contributed by atoms with van der Waals surface area (Å²) < 4.78 is 10.2. The lowest BCUT2D eigenvalue weighted by atomic mass is 10.1. The van der Waals surface area contributed by atoms with Gasteiger partial charge in [-0.15, -0.1) is 35.3 Å². The Balaban J connectivity index is 0.00000288. The van der Waals surface area contributed by atoms with E-state index in [1.165, 1.54) is 16.0 Å². The average Bonchev–Trinajstić information content (AvgIpc) is 3.07. The van der Waals surface area contributed by atoms with Gasteiger partial charge in [0.1, 0.15) is 5.75 Å². The van der Waals surface area contributed by atoms with Gasteiger partial charge >= 0.3 is 0 Å². The van der Waals surface area contributed by atoms with Gasteiger partial charge in [0.05, 0.1) is 20.3 Å². The smallest absolute Gasteiger partial charge is 0.191 e. The molecule has 0 amide bonds. The van der Waals surface area contributed by atoms with Crippen LogP contribution in [0.5, 0.6) is 5.75 Å². The number of benzene rings is 1. The summed E-state index contributed by atoms with van der Waals surface area (Å²) in [6.07, 6.45) is 0. The second-order valence-electron chi connectivity index (χ2n) is 4.88. The van der Waals surface area contributed by atoms with Crippen LogP contribution in [0.25, 0.3) is 11.1 Å². The molecule has 0 radical (unpaired) electrons. The number of ether oxygens (including phenoxy) is 2. The van der Waals surface area contributed by atoms with E-state index in [0.717, 1.165) is 24.8 Å². The normalized spacial score (nSPS) is 10.9. The number of hydrogen-bond donors (Lipinski definition) is 2. The first-order chi connectivity index (χ1) is 11.3. The number of nitrogens with one attached hydrogen (secondary N) is 2. The summed E-state index contributed by atoms with van der Waals surface area (Å²) in [4.78, 5) is 5.44. The molecule has 0 spiro atoms. The summed E-state index contributed by atoms with van der Waals surface area (Å²) in [5.74, 6) is 1.65. The molecule has 2 aromatic rings. The highest BCUT2D eigenvalue weighted by Gasteiger charge is 2.04. The molecule has 0 unspecified atom stereocenters. The maximum atomic E-state index is 5.19. The molecule has 0 fully saturated rings. The topological polar surface area (TPSA) is 54.9 Å². The van der Waals surface area contributed by atoms with Gasteiger partial charge in [0.15, 0.2) is 5.96 Å². The van der Waals surface area contributed by atoms with Crippen molar-refractivity contribution in [3.63, 3.8) is 0 Å². The van der Waals surface area contributed by atoms with E-state index in [0.29, 0.717) is 6.61 Å². The lowest BCUT2D eigenvalue weighted by Gasteiger charge is -2.10. The van der Waals surface area contributed by atoms with Gasteiger partial charge in [-0.25, -0.2) is 0 Å². The lowest BCUT2D eigenvalue weighted by molar-refractivity contribution is 0.203. The minimum atomic E-state index is 0. The Morgan fingerprint density at radius 3 is 2.50 bits per heavy atom. The van der Waals surface area contributed by atoms with Crippen LogP contribution in [0, 0.1) is 0 Å². The van der Waals surface area contributed by atoms with Crippen LogP contribution in [0.4, 0.5) is 0 Å². The quantitative estimate of drug-likeness (QED) is 0.288. The zero-order valence-corrected chi connectivity index (χ0v) is 17.3. The van der Waals surface area contributed by atoms with Crippen molar-refractivity contribution < 1.29 is 9.47 Å². The first-order valence-corrected chi connectivity index (χ1v) is 8.30. The van der Waals surface area contributed by atoms with E-state index >= 15 is 0 Å². The third kappa shape index (κ3) is 6.29. The SMILES string of the molecule is CN=C(NCCOC)NCc1cc(-c2ccc(OC)cc2)cs1.I. The zero-order valence-electron chi connectivity index (χ0n) is 14.2. The van der Waals surface area contributed by atoms with E-state index in [-0.39, 0.29) is 24.0 Å². The Kier molecular flexibility index (Phi) is 9.73.